The van der Waals surface area contributed by atoms with Gasteiger partial charge < -0.3 is 5.32 Å². The minimum Gasteiger partial charge on any atom is -0.319 e. The summed E-state index contributed by atoms with van der Waals surface area (Å²) in [4.78, 5) is 40.7. The Morgan fingerprint density at radius 3 is 1.89 bits per heavy atom. The van der Waals surface area contributed by atoms with E-state index in [4.69, 9.17) is 0 Å². The molecule has 0 saturated carbocycles. The standard InChI is InChI=1S/C31H23N3O3/c1-21-17-19-24(20-18-21)32-31(37)30(36)26-27(29(35)23-13-7-3-8-14-23)33-34(25-15-9-4-10-16-25)28(26)22-11-5-2-6-12-22/h2-20H,1H3,(H,32,37). The number of aromatic nitrogens is 2. The Morgan fingerprint density at radius 1 is 0.703 bits per heavy atom. The van der Waals surface area contributed by atoms with E-state index in [-0.39, 0.29) is 11.3 Å². The molecule has 0 aliphatic heterocycles. The first-order valence-electron chi connectivity index (χ1n) is 11.8. The summed E-state index contributed by atoms with van der Waals surface area (Å²) in [6, 6.07) is 34.1. The van der Waals surface area contributed by atoms with Crippen molar-refractivity contribution in [2.24, 2.45) is 0 Å². The molecule has 4 aromatic carbocycles. The number of hydrogen-bond donors (Lipinski definition) is 1. The number of amides is 1. The summed E-state index contributed by atoms with van der Waals surface area (Å²) < 4.78 is 1.55. The highest BCUT2D eigenvalue weighted by atomic mass is 16.2. The zero-order valence-electron chi connectivity index (χ0n) is 20.1. The first-order valence-corrected chi connectivity index (χ1v) is 11.8. The highest BCUT2D eigenvalue weighted by Gasteiger charge is 2.33. The van der Waals surface area contributed by atoms with Gasteiger partial charge in [-0.2, -0.15) is 5.10 Å². The van der Waals surface area contributed by atoms with E-state index < -0.39 is 17.5 Å². The topological polar surface area (TPSA) is 81.1 Å². The van der Waals surface area contributed by atoms with Crippen LogP contribution in [0.3, 0.4) is 0 Å². The van der Waals surface area contributed by atoms with Crippen LogP contribution in [0.4, 0.5) is 5.69 Å². The predicted molar refractivity (Wildman–Crippen MR) is 143 cm³/mol. The van der Waals surface area contributed by atoms with Gasteiger partial charge in [-0.15, -0.1) is 0 Å². The first kappa shape index (κ1) is 23.6. The molecule has 1 amide bonds. The second-order valence-electron chi connectivity index (χ2n) is 8.53. The molecule has 1 N–H and O–H groups in total. The largest absolute Gasteiger partial charge is 0.319 e. The molecule has 0 fully saturated rings. The number of para-hydroxylation sites is 1. The van der Waals surface area contributed by atoms with Gasteiger partial charge in [0.25, 0.3) is 11.7 Å². The number of carbonyl (C=O) groups is 3. The molecular formula is C31H23N3O3. The lowest BCUT2D eigenvalue weighted by molar-refractivity contribution is -0.112. The monoisotopic (exact) mass is 485 g/mol. The molecule has 1 aromatic heterocycles. The van der Waals surface area contributed by atoms with Gasteiger partial charge >= 0.3 is 0 Å². The van der Waals surface area contributed by atoms with Gasteiger partial charge in [0.15, 0.2) is 0 Å². The molecule has 37 heavy (non-hydrogen) atoms. The molecule has 0 atom stereocenters. The van der Waals surface area contributed by atoms with Crippen molar-refractivity contribution in [3.63, 3.8) is 0 Å². The van der Waals surface area contributed by atoms with Crippen LogP contribution in [0.25, 0.3) is 16.9 Å². The van der Waals surface area contributed by atoms with Crippen molar-refractivity contribution in [2.45, 2.75) is 6.92 Å². The van der Waals surface area contributed by atoms with Gasteiger partial charge in [-0.1, -0.05) is 96.6 Å². The number of aryl methyl sites for hydroxylation is 1. The molecule has 0 spiro atoms. The molecule has 0 aliphatic carbocycles. The second kappa shape index (κ2) is 10.3. The number of Topliss-reactive ketones (excluding diaryl/α,β-unsaturated/α-hetero) is 1. The van der Waals surface area contributed by atoms with Crippen LogP contribution in [0.2, 0.25) is 0 Å². The number of hydrogen-bond acceptors (Lipinski definition) is 4. The van der Waals surface area contributed by atoms with Crippen molar-refractivity contribution < 1.29 is 14.4 Å². The molecule has 0 bridgehead atoms. The van der Waals surface area contributed by atoms with Crippen LogP contribution >= 0.6 is 0 Å². The maximum atomic E-state index is 13.8. The van der Waals surface area contributed by atoms with Gasteiger partial charge in [-0.25, -0.2) is 4.68 Å². The van der Waals surface area contributed by atoms with Gasteiger partial charge in [-0.05, 0) is 31.2 Å². The Bertz CT molecular complexity index is 1570. The zero-order valence-corrected chi connectivity index (χ0v) is 20.1. The molecule has 6 nitrogen and oxygen atoms in total. The summed E-state index contributed by atoms with van der Waals surface area (Å²) >= 11 is 0. The average molecular weight is 486 g/mol. The van der Waals surface area contributed by atoms with E-state index in [0.29, 0.717) is 28.2 Å². The summed E-state index contributed by atoms with van der Waals surface area (Å²) in [6.07, 6.45) is 0. The number of ketones is 2. The third-order valence-corrected chi connectivity index (χ3v) is 5.93. The molecule has 5 aromatic rings. The SMILES string of the molecule is Cc1ccc(NC(=O)C(=O)c2c(C(=O)c3ccccc3)nn(-c3ccccc3)c2-c2ccccc2)cc1. The summed E-state index contributed by atoms with van der Waals surface area (Å²) in [5.41, 5.74) is 3.42. The van der Waals surface area contributed by atoms with Crippen LogP contribution in [0, 0.1) is 6.92 Å². The van der Waals surface area contributed by atoms with Crippen LogP contribution < -0.4 is 5.32 Å². The molecule has 5 rings (SSSR count). The number of nitrogens with zero attached hydrogens (tertiary/aromatic N) is 2. The zero-order chi connectivity index (χ0) is 25.8. The predicted octanol–water partition coefficient (Wildman–Crippen LogP) is 5.90. The van der Waals surface area contributed by atoms with Gasteiger partial charge in [0, 0.05) is 16.8 Å². The maximum Gasteiger partial charge on any atom is 0.296 e. The Kier molecular flexibility index (Phi) is 6.55. The summed E-state index contributed by atoms with van der Waals surface area (Å²) in [6.45, 7) is 1.93. The van der Waals surface area contributed by atoms with Crippen molar-refractivity contribution >= 4 is 23.2 Å². The fourth-order valence-corrected chi connectivity index (χ4v) is 4.08. The van der Waals surface area contributed by atoms with E-state index in [1.807, 2.05) is 79.7 Å². The lowest BCUT2D eigenvalue weighted by atomic mass is 9.97. The van der Waals surface area contributed by atoms with Gasteiger partial charge in [-0.3, -0.25) is 14.4 Å². The second-order valence-corrected chi connectivity index (χ2v) is 8.53. The summed E-state index contributed by atoms with van der Waals surface area (Å²) in [5, 5.41) is 7.29. The van der Waals surface area contributed by atoms with Crippen molar-refractivity contribution in [2.75, 3.05) is 5.32 Å². The highest BCUT2D eigenvalue weighted by molar-refractivity contribution is 6.48. The highest BCUT2D eigenvalue weighted by Crippen LogP contribution is 2.31. The maximum absolute atomic E-state index is 13.8. The fourth-order valence-electron chi connectivity index (χ4n) is 4.08. The van der Waals surface area contributed by atoms with Crippen LogP contribution in [-0.2, 0) is 4.79 Å². The lowest BCUT2D eigenvalue weighted by Crippen LogP contribution is -2.25. The minimum absolute atomic E-state index is 0.0477. The Balaban J connectivity index is 1.71. The average Bonchev–Trinajstić information content (AvgIpc) is 3.35. The molecule has 0 saturated heterocycles. The van der Waals surface area contributed by atoms with Gasteiger partial charge in [0.05, 0.1) is 16.9 Å². The lowest BCUT2D eigenvalue weighted by Gasteiger charge is -2.10. The number of nitrogens with one attached hydrogen (secondary N) is 1. The van der Waals surface area contributed by atoms with E-state index in [9.17, 15) is 14.4 Å². The van der Waals surface area contributed by atoms with Crippen molar-refractivity contribution in [3.05, 3.63) is 138 Å². The summed E-state index contributed by atoms with van der Waals surface area (Å²) in [7, 11) is 0. The minimum atomic E-state index is -0.851. The quantitative estimate of drug-likeness (QED) is 0.230. The fraction of sp³-hybridized carbons (Fsp3) is 0.0323. The smallest absolute Gasteiger partial charge is 0.296 e. The molecule has 6 heteroatoms. The van der Waals surface area contributed by atoms with E-state index in [2.05, 4.69) is 10.4 Å². The van der Waals surface area contributed by atoms with Crippen LogP contribution in [0.15, 0.2) is 115 Å². The van der Waals surface area contributed by atoms with Crippen molar-refractivity contribution in [1.29, 1.82) is 0 Å². The van der Waals surface area contributed by atoms with E-state index >= 15 is 0 Å². The number of rotatable bonds is 7. The molecule has 180 valence electrons. The molecule has 0 aliphatic rings. The van der Waals surface area contributed by atoms with Crippen LogP contribution in [0.1, 0.15) is 32.0 Å². The Morgan fingerprint density at radius 2 is 1.27 bits per heavy atom. The number of carbonyl (C=O) groups excluding carboxylic acids is 3. The van der Waals surface area contributed by atoms with Crippen molar-refractivity contribution in [3.8, 4) is 16.9 Å². The van der Waals surface area contributed by atoms with Crippen molar-refractivity contribution in [1.82, 2.24) is 9.78 Å². The van der Waals surface area contributed by atoms with E-state index in [1.165, 1.54) is 0 Å². The van der Waals surface area contributed by atoms with Crippen LogP contribution in [-0.4, -0.2) is 27.3 Å². The Hall–Kier alpha value is -5.10. The molecular weight excluding hydrogens is 462 g/mol. The summed E-state index contributed by atoms with van der Waals surface area (Å²) in [5.74, 6) is -2.14. The first-order chi connectivity index (χ1) is 18.0. The number of benzene rings is 4. The van der Waals surface area contributed by atoms with E-state index in [1.54, 1.807) is 47.1 Å². The Labute approximate surface area is 214 Å². The van der Waals surface area contributed by atoms with Crippen LogP contribution in [0.5, 0.6) is 0 Å². The number of anilines is 1. The third kappa shape index (κ3) is 4.86. The molecule has 1 heterocycles. The molecule has 0 unspecified atom stereocenters. The van der Waals surface area contributed by atoms with Gasteiger partial charge in [0.2, 0.25) is 5.78 Å². The van der Waals surface area contributed by atoms with E-state index in [0.717, 1.165) is 5.56 Å². The molecule has 0 radical (unpaired) electrons. The third-order valence-electron chi connectivity index (χ3n) is 5.93. The van der Waals surface area contributed by atoms with Gasteiger partial charge in [0.1, 0.15) is 5.69 Å². The normalized spacial score (nSPS) is 10.6.